The molecule has 6 heteroatoms. The molecule has 0 saturated carbocycles. The number of nitrogens with zero attached hydrogens (tertiary/aromatic N) is 2. The number of amides is 1. The van der Waals surface area contributed by atoms with E-state index in [-0.39, 0.29) is 11.9 Å². The number of rotatable bonds is 7. The number of fused-ring (bicyclic) bond motifs is 1. The van der Waals surface area contributed by atoms with Crippen LogP contribution in [0.1, 0.15) is 30.0 Å². The van der Waals surface area contributed by atoms with Gasteiger partial charge in [0.1, 0.15) is 12.4 Å². The second-order valence-electron chi connectivity index (χ2n) is 8.13. The van der Waals surface area contributed by atoms with Crippen molar-refractivity contribution in [1.29, 1.82) is 0 Å². The monoisotopic (exact) mass is 427 g/mol. The highest BCUT2D eigenvalue weighted by Crippen LogP contribution is 2.29. The van der Waals surface area contributed by atoms with E-state index in [9.17, 15) is 4.79 Å². The fourth-order valence-electron chi connectivity index (χ4n) is 4.34. The fraction of sp³-hybridized carbons (Fsp3) is 0.458. The molecule has 1 aliphatic carbocycles. The van der Waals surface area contributed by atoms with Crippen LogP contribution >= 0.6 is 11.6 Å². The summed E-state index contributed by atoms with van der Waals surface area (Å²) in [5, 5.41) is 3.98. The quantitative estimate of drug-likeness (QED) is 0.734. The lowest BCUT2D eigenvalue weighted by atomic mass is 9.88. The van der Waals surface area contributed by atoms with Gasteiger partial charge in [-0.25, -0.2) is 0 Å². The SMILES string of the molecule is O=C(CN1CCN(CCOc2ccc(Cl)cc2)CC1)N[C@@H]1CCCc2ccccc21. The number of halogens is 1. The highest BCUT2D eigenvalue weighted by atomic mass is 35.5. The molecule has 0 bridgehead atoms. The Morgan fingerprint density at radius 2 is 1.77 bits per heavy atom. The van der Waals surface area contributed by atoms with Gasteiger partial charge in [0.15, 0.2) is 0 Å². The molecule has 2 aromatic carbocycles. The maximum atomic E-state index is 12.6. The molecule has 1 aliphatic heterocycles. The van der Waals surface area contributed by atoms with Gasteiger partial charge in [-0.05, 0) is 54.7 Å². The molecule has 1 saturated heterocycles. The maximum absolute atomic E-state index is 12.6. The summed E-state index contributed by atoms with van der Waals surface area (Å²) in [7, 11) is 0. The van der Waals surface area contributed by atoms with E-state index < -0.39 is 0 Å². The fourth-order valence-corrected chi connectivity index (χ4v) is 4.47. The summed E-state index contributed by atoms with van der Waals surface area (Å²) < 4.78 is 5.79. The average Bonchev–Trinajstić information content (AvgIpc) is 2.77. The smallest absolute Gasteiger partial charge is 0.234 e. The molecule has 30 heavy (non-hydrogen) atoms. The van der Waals surface area contributed by atoms with Crippen LogP contribution in [0.2, 0.25) is 5.02 Å². The number of carbonyl (C=O) groups is 1. The van der Waals surface area contributed by atoms with E-state index in [0.717, 1.165) is 62.8 Å². The second kappa shape index (κ2) is 10.3. The largest absolute Gasteiger partial charge is 0.492 e. The molecular weight excluding hydrogens is 398 g/mol. The molecule has 4 rings (SSSR count). The number of carbonyl (C=O) groups excluding carboxylic acids is 1. The normalized spacial score (nSPS) is 19.8. The maximum Gasteiger partial charge on any atom is 0.234 e. The first-order valence-electron chi connectivity index (χ1n) is 10.9. The van der Waals surface area contributed by atoms with Gasteiger partial charge in [-0.3, -0.25) is 14.6 Å². The lowest BCUT2D eigenvalue weighted by Gasteiger charge is -2.34. The molecule has 160 valence electrons. The Morgan fingerprint density at radius 1 is 1.03 bits per heavy atom. The van der Waals surface area contributed by atoms with Gasteiger partial charge in [0.2, 0.25) is 5.91 Å². The summed E-state index contributed by atoms with van der Waals surface area (Å²) in [4.78, 5) is 17.3. The molecule has 1 heterocycles. The van der Waals surface area contributed by atoms with Crippen LogP contribution in [0.15, 0.2) is 48.5 Å². The van der Waals surface area contributed by atoms with Crippen LogP contribution in [0.4, 0.5) is 0 Å². The molecule has 1 N–H and O–H groups in total. The van der Waals surface area contributed by atoms with Crippen molar-refractivity contribution in [2.24, 2.45) is 0 Å². The molecule has 2 aliphatic rings. The Labute approximate surface area is 184 Å². The molecule has 1 atom stereocenters. The van der Waals surface area contributed by atoms with Gasteiger partial charge in [-0.1, -0.05) is 35.9 Å². The van der Waals surface area contributed by atoms with Gasteiger partial charge in [-0.15, -0.1) is 0 Å². The Hall–Kier alpha value is -2.08. The van der Waals surface area contributed by atoms with Crippen molar-refractivity contribution in [2.75, 3.05) is 45.9 Å². The minimum Gasteiger partial charge on any atom is -0.492 e. The summed E-state index contributed by atoms with van der Waals surface area (Å²) in [6, 6.07) is 16.1. The van der Waals surface area contributed by atoms with Crippen molar-refractivity contribution < 1.29 is 9.53 Å². The first-order chi connectivity index (χ1) is 14.7. The number of piperazine rings is 1. The zero-order chi connectivity index (χ0) is 20.8. The molecule has 0 unspecified atom stereocenters. The predicted molar refractivity (Wildman–Crippen MR) is 120 cm³/mol. The van der Waals surface area contributed by atoms with Crippen LogP contribution in [0.5, 0.6) is 5.75 Å². The third-order valence-corrected chi connectivity index (χ3v) is 6.28. The number of ether oxygens (including phenoxy) is 1. The third kappa shape index (κ3) is 5.75. The summed E-state index contributed by atoms with van der Waals surface area (Å²) >= 11 is 5.90. The number of hydrogen-bond acceptors (Lipinski definition) is 4. The molecule has 5 nitrogen and oxygen atoms in total. The number of aryl methyl sites for hydroxylation is 1. The van der Waals surface area contributed by atoms with E-state index >= 15 is 0 Å². The first kappa shape index (κ1) is 21.2. The summed E-state index contributed by atoms with van der Waals surface area (Å²) in [6.45, 7) is 5.77. The van der Waals surface area contributed by atoms with Crippen molar-refractivity contribution in [2.45, 2.75) is 25.3 Å². The lowest BCUT2D eigenvalue weighted by molar-refractivity contribution is -0.123. The van der Waals surface area contributed by atoms with Crippen LogP contribution in [0.3, 0.4) is 0 Å². The molecular formula is C24H30ClN3O2. The summed E-state index contributed by atoms with van der Waals surface area (Å²) in [6.07, 6.45) is 3.29. The van der Waals surface area contributed by atoms with Crippen LogP contribution in [-0.4, -0.2) is 61.6 Å². The standard InChI is InChI=1S/C24H30ClN3O2/c25-20-8-10-21(11-9-20)30-17-16-27-12-14-28(15-13-27)18-24(29)26-23-7-3-5-19-4-1-2-6-22(19)23/h1-2,4,6,8-11,23H,3,5,7,12-18H2,(H,26,29)/t23-/m1/s1. The van der Waals surface area contributed by atoms with E-state index in [1.165, 1.54) is 11.1 Å². The van der Waals surface area contributed by atoms with E-state index in [0.29, 0.717) is 13.2 Å². The van der Waals surface area contributed by atoms with E-state index in [4.69, 9.17) is 16.3 Å². The Morgan fingerprint density at radius 3 is 2.57 bits per heavy atom. The molecule has 1 fully saturated rings. The highest BCUT2D eigenvalue weighted by Gasteiger charge is 2.23. The Bertz CT molecular complexity index is 835. The third-order valence-electron chi connectivity index (χ3n) is 6.03. The van der Waals surface area contributed by atoms with Gasteiger partial charge in [-0.2, -0.15) is 0 Å². The van der Waals surface area contributed by atoms with E-state index in [1.807, 2.05) is 24.3 Å². The molecule has 0 aromatic heterocycles. The zero-order valence-electron chi connectivity index (χ0n) is 17.4. The Kier molecular flexibility index (Phi) is 7.26. The second-order valence-corrected chi connectivity index (χ2v) is 8.57. The Balaban J connectivity index is 1.16. The van der Waals surface area contributed by atoms with Crippen LogP contribution in [0.25, 0.3) is 0 Å². The zero-order valence-corrected chi connectivity index (χ0v) is 18.1. The number of hydrogen-bond donors (Lipinski definition) is 1. The van der Waals surface area contributed by atoms with Crippen LogP contribution < -0.4 is 10.1 Å². The van der Waals surface area contributed by atoms with Gasteiger partial charge in [0.05, 0.1) is 12.6 Å². The van der Waals surface area contributed by atoms with Gasteiger partial charge in [0, 0.05) is 37.7 Å². The van der Waals surface area contributed by atoms with Gasteiger partial charge >= 0.3 is 0 Å². The average molecular weight is 428 g/mol. The minimum atomic E-state index is 0.135. The van der Waals surface area contributed by atoms with Crippen molar-refractivity contribution >= 4 is 17.5 Å². The number of nitrogens with one attached hydrogen (secondary N) is 1. The molecule has 0 spiro atoms. The van der Waals surface area contributed by atoms with Crippen LogP contribution in [-0.2, 0) is 11.2 Å². The van der Waals surface area contributed by atoms with E-state index in [1.54, 1.807) is 0 Å². The van der Waals surface area contributed by atoms with Crippen molar-refractivity contribution in [3.8, 4) is 5.75 Å². The predicted octanol–water partition coefficient (Wildman–Crippen LogP) is 3.53. The highest BCUT2D eigenvalue weighted by molar-refractivity contribution is 6.30. The first-order valence-corrected chi connectivity index (χ1v) is 11.3. The topological polar surface area (TPSA) is 44.8 Å². The van der Waals surface area contributed by atoms with Gasteiger partial charge in [0.25, 0.3) is 0 Å². The van der Waals surface area contributed by atoms with Gasteiger partial charge < -0.3 is 10.1 Å². The molecule has 1 amide bonds. The number of benzene rings is 2. The van der Waals surface area contributed by atoms with Crippen molar-refractivity contribution in [3.63, 3.8) is 0 Å². The van der Waals surface area contributed by atoms with E-state index in [2.05, 4.69) is 39.4 Å². The minimum absolute atomic E-state index is 0.135. The molecule has 2 aromatic rings. The van der Waals surface area contributed by atoms with Crippen LogP contribution in [0, 0.1) is 0 Å². The lowest BCUT2D eigenvalue weighted by Crippen LogP contribution is -2.50. The van der Waals surface area contributed by atoms with Crippen molar-refractivity contribution in [3.05, 3.63) is 64.7 Å². The van der Waals surface area contributed by atoms with Crippen molar-refractivity contribution in [1.82, 2.24) is 15.1 Å². The molecule has 0 radical (unpaired) electrons. The summed E-state index contributed by atoms with van der Waals surface area (Å²) in [5.41, 5.74) is 2.67. The summed E-state index contributed by atoms with van der Waals surface area (Å²) in [5.74, 6) is 0.982.